The fourth-order valence-corrected chi connectivity index (χ4v) is 2.97. The van der Waals surface area contributed by atoms with E-state index in [0.29, 0.717) is 12.1 Å². The van der Waals surface area contributed by atoms with Gasteiger partial charge in [0.25, 0.3) is 0 Å². The van der Waals surface area contributed by atoms with Gasteiger partial charge < -0.3 is 9.67 Å². The highest BCUT2D eigenvalue weighted by molar-refractivity contribution is 5.45. The number of aromatic nitrogens is 1. The van der Waals surface area contributed by atoms with Crippen molar-refractivity contribution in [3.63, 3.8) is 0 Å². The van der Waals surface area contributed by atoms with Gasteiger partial charge in [0.05, 0.1) is 11.7 Å². The number of benzene rings is 1. The predicted molar refractivity (Wildman–Crippen MR) is 73.4 cm³/mol. The highest BCUT2D eigenvalue weighted by atomic mass is 19.4. The number of halogens is 3. The van der Waals surface area contributed by atoms with Crippen LogP contribution in [0.4, 0.5) is 13.2 Å². The first-order valence-electron chi connectivity index (χ1n) is 6.94. The van der Waals surface area contributed by atoms with Crippen molar-refractivity contribution in [1.82, 2.24) is 4.57 Å². The van der Waals surface area contributed by atoms with Crippen LogP contribution in [0.1, 0.15) is 41.3 Å². The minimum Gasteiger partial charge on any atom is -0.388 e. The van der Waals surface area contributed by atoms with Crippen LogP contribution in [-0.4, -0.2) is 9.67 Å². The van der Waals surface area contributed by atoms with E-state index in [-0.39, 0.29) is 5.56 Å². The Bertz CT molecular complexity index is 673. The van der Waals surface area contributed by atoms with Crippen LogP contribution in [0.15, 0.2) is 30.5 Å². The Hall–Kier alpha value is -1.75. The third-order valence-electron chi connectivity index (χ3n) is 4.08. The maximum Gasteiger partial charge on any atom is 0.416 e. The first-order chi connectivity index (χ1) is 9.88. The highest BCUT2D eigenvalue weighted by Crippen LogP contribution is 2.35. The molecule has 5 heteroatoms. The van der Waals surface area contributed by atoms with E-state index in [1.807, 2.05) is 0 Å². The molecule has 1 heterocycles. The Balaban J connectivity index is 2.10. The third-order valence-corrected chi connectivity index (χ3v) is 4.08. The van der Waals surface area contributed by atoms with Crippen molar-refractivity contribution in [1.29, 1.82) is 0 Å². The third kappa shape index (κ3) is 2.46. The molecule has 2 nitrogen and oxygen atoms in total. The number of aliphatic hydroxyl groups is 1. The highest BCUT2D eigenvalue weighted by Gasteiger charge is 2.33. The SMILES string of the molecule is Cc1ccc(-n2ccc3c2CCCC3O)cc1C(F)(F)F. The summed E-state index contributed by atoms with van der Waals surface area (Å²) in [5, 5.41) is 9.96. The zero-order chi connectivity index (χ0) is 15.2. The maximum absolute atomic E-state index is 13.0. The Morgan fingerprint density at radius 3 is 2.71 bits per heavy atom. The summed E-state index contributed by atoms with van der Waals surface area (Å²) >= 11 is 0. The molecule has 112 valence electrons. The molecule has 21 heavy (non-hydrogen) atoms. The van der Waals surface area contributed by atoms with Gasteiger partial charge in [-0.05, 0) is 49.9 Å². The summed E-state index contributed by atoms with van der Waals surface area (Å²) in [7, 11) is 0. The summed E-state index contributed by atoms with van der Waals surface area (Å²) in [5.41, 5.74) is 1.83. The van der Waals surface area contributed by atoms with Gasteiger partial charge in [0.2, 0.25) is 0 Å². The molecule has 1 aliphatic carbocycles. The van der Waals surface area contributed by atoms with Crippen LogP contribution >= 0.6 is 0 Å². The van der Waals surface area contributed by atoms with E-state index >= 15 is 0 Å². The largest absolute Gasteiger partial charge is 0.416 e. The quantitative estimate of drug-likeness (QED) is 0.839. The number of aliphatic hydroxyl groups excluding tert-OH is 1. The molecular weight excluding hydrogens is 279 g/mol. The summed E-state index contributed by atoms with van der Waals surface area (Å²) in [6, 6.07) is 6.15. The Kier molecular flexibility index (Phi) is 3.32. The van der Waals surface area contributed by atoms with Gasteiger partial charge in [0.15, 0.2) is 0 Å². The minimum atomic E-state index is -4.35. The average Bonchev–Trinajstić information content (AvgIpc) is 2.83. The van der Waals surface area contributed by atoms with Crippen molar-refractivity contribution < 1.29 is 18.3 Å². The molecule has 1 N–H and O–H groups in total. The summed E-state index contributed by atoms with van der Waals surface area (Å²) < 4.78 is 40.8. The van der Waals surface area contributed by atoms with E-state index in [2.05, 4.69) is 0 Å². The maximum atomic E-state index is 13.0. The van der Waals surface area contributed by atoms with E-state index < -0.39 is 17.8 Å². The van der Waals surface area contributed by atoms with Crippen molar-refractivity contribution >= 4 is 0 Å². The molecule has 0 radical (unpaired) electrons. The minimum absolute atomic E-state index is 0.215. The smallest absolute Gasteiger partial charge is 0.388 e. The Morgan fingerprint density at radius 1 is 1.24 bits per heavy atom. The van der Waals surface area contributed by atoms with E-state index in [0.717, 1.165) is 24.1 Å². The lowest BCUT2D eigenvalue weighted by Gasteiger charge is -2.21. The fourth-order valence-electron chi connectivity index (χ4n) is 2.97. The van der Waals surface area contributed by atoms with Crippen LogP contribution in [0.5, 0.6) is 0 Å². The van der Waals surface area contributed by atoms with Gasteiger partial charge in [-0.3, -0.25) is 0 Å². The monoisotopic (exact) mass is 295 g/mol. The summed E-state index contributed by atoms with van der Waals surface area (Å²) in [4.78, 5) is 0. The van der Waals surface area contributed by atoms with E-state index in [1.54, 1.807) is 22.9 Å². The number of hydrogen-bond donors (Lipinski definition) is 1. The lowest BCUT2D eigenvalue weighted by molar-refractivity contribution is -0.138. The van der Waals surface area contributed by atoms with E-state index in [9.17, 15) is 18.3 Å². The van der Waals surface area contributed by atoms with Crippen LogP contribution in [-0.2, 0) is 12.6 Å². The van der Waals surface area contributed by atoms with Gasteiger partial charge in [-0.2, -0.15) is 13.2 Å². The molecule has 2 aromatic rings. The van der Waals surface area contributed by atoms with Crippen LogP contribution in [0.2, 0.25) is 0 Å². The van der Waals surface area contributed by atoms with Crippen molar-refractivity contribution in [3.8, 4) is 5.69 Å². The number of aryl methyl sites for hydroxylation is 1. The molecule has 0 amide bonds. The summed E-state index contributed by atoms with van der Waals surface area (Å²) in [5.74, 6) is 0. The number of alkyl halides is 3. The molecule has 1 atom stereocenters. The zero-order valence-corrected chi connectivity index (χ0v) is 11.6. The van der Waals surface area contributed by atoms with Crippen LogP contribution in [0, 0.1) is 6.92 Å². The van der Waals surface area contributed by atoms with Crippen LogP contribution < -0.4 is 0 Å². The normalized spacial score (nSPS) is 18.6. The fraction of sp³-hybridized carbons (Fsp3) is 0.375. The molecule has 0 bridgehead atoms. The van der Waals surface area contributed by atoms with Crippen molar-refractivity contribution in [3.05, 3.63) is 52.8 Å². The number of fused-ring (bicyclic) bond motifs is 1. The summed E-state index contributed by atoms with van der Waals surface area (Å²) in [6.45, 7) is 1.46. The molecule has 3 rings (SSSR count). The first-order valence-corrected chi connectivity index (χ1v) is 6.94. The van der Waals surface area contributed by atoms with Gasteiger partial charge in [-0.1, -0.05) is 6.07 Å². The number of nitrogens with zero attached hydrogens (tertiary/aromatic N) is 1. The molecule has 0 fully saturated rings. The van der Waals surface area contributed by atoms with Crippen molar-refractivity contribution in [2.45, 2.75) is 38.5 Å². The van der Waals surface area contributed by atoms with Gasteiger partial charge in [-0.15, -0.1) is 0 Å². The first kappa shape index (κ1) is 14.2. The van der Waals surface area contributed by atoms with Crippen molar-refractivity contribution in [2.24, 2.45) is 0 Å². The topological polar surface area (TPSA) is 25.2 Å². The zero-order valence-electron chi connectivity index (χ0n) is 11.6. The van der Waals surface area contributed by atoms with Gasteiger partial charge >= 0.3 is 6.18 Å². The molecule has 0 saturated heterocycles. The summed E-state index contributed by atoms with van der Waals surface area (Å²) in [6.07, 6.45) is -0.803. The molecule has 0 saturated carbocycles. The average molecular weight is 295 g/mol. The molecule has 0 spiro atoms. The van der Waals surface area contributed by atoms with E-state index in [4.69, 9.17) is 0 Å². The van der Waals surface area contributed by atoms with Gasteiger partial charge in [-0.25, -0.2) is 0 Å². The standard InChI is InChI=1S/C16H16F3NO/c1-10-5-6-11(9-13(10)16(17,18)19)20-8-7-12-14(20)3-2-4-15(12)21/h5-9,15,21H,2-4H2,1H3. The predicted octanol–water partition coefficient (Wildman–Crippen LogP) is 4.17. The molecule has 1 aromatic heterocycles. The molecule has 0 aliphatic heterocycles. The molecule has 1 aromatic carbocycles. The second-order valence-corrected chi connectivity index (χ2v) is 5.49. The molecule has 1 aliphatic rings. The van der Waals surface area contributed by atoms with Gasteiger partial charge in [0.1, 0.15) is 0 Å². The molecular formula is C16H16F3NO. The second kappa shape index (κ2) is 4.91. The van der Waals surface area contributed by atoms with Gasteiger partial charge in [0, 0.05) is 23.1 Å². The van der Waals surface area contributed by atoms with Crippen LogP contribution in [0.3, 0.4) is 0 Å². The second-order valence-electron chi connectivity index (χ2n) is 5.49. The van der Waals surface area contributed by atoms with Crippen molar-refractivity contribution in [2.75, 3.05) is 0 Å². The lowest BCUT2D eigenvalue weighted by Crippen LogP contribution is -2.12. The van der Waals surface area contributed by atoms with Crippen LogP contribution in [0.25, 0.3) is 5.69 Å². The number of rotatable bonds is 1. The lowest BCUT2D eigenvalue weighted by atomic mass is 9.95. The molecule has 1 unspecified atom stereocenters. The Labute approximate surface area is 120 Å². The van der Waals surface area contributed by atoms with E-state index in [1.165, 1.54) is 19.1 Å². The number of hydrogen-bond acceptors (Lipinski definition) is 1. The Morgan fingerprint density at radius 2 is 2.00 bits per heavy atom.